The summed E-state index contributed by atoms with van der Waals surface area (Å²) in [5.74, 6) is -0.546. The predicted molar refractivity (Wildman–Crippen MR) is 53.3 cm³/mol. The number of carboxylic acids is 1. The summed E-state index contributed by atoms with van der Waals surface area (Å²) in [6, 6.07) is 8.30. The molecule has 0 atom stereocenters. The number of aromatic carboxylic acids is 1. The molecule has 0 saturated heterocycles. The zero-order chi connectivity index (χ0) is 10.1. The molecule has 13 heavy (non-hydrogen) atoms. The van der Waals surface area contributed by atoms with E-state index in [1.807, 2.05) is 0 Å². The largest absolute Gasteiger partial charge is 0.478 e. The maximum Gasteiger partial charge on any atom is 0.335 e. The summed E-state index contributed by atoms with van der Waals surface area (Å²) < 4.78 is 0. The fourth-order valence-electron chi connectivity index (χ4n) is 0.581. The molecule has 0 saturated carbocycles. The molecule has 0 aromatic heterocycles. The van der Waals surface area contributed by atoms with Crippen molar-refractivity contribution in [3.63, 3.8) is 0 Å². The normalized spacial score (nSPS) is 8.08. The minimum absolute atomic E-state index is 0.331. The average molecular weight is 198 g/mol. The highest BCUT2D eigenvalue weighted by atomic mass is 32.1. The van der Waals surface area contributed by atoms with Gasteiger partial charge in [-0.15, -0.1) is 0 Å². The Kier molecular flexibility index (Phi) is 6.63. The van der Waals surface area contributed by atoms with Crippen molar-refractivity contribution in [2.45, 2.75) is 0 Å². The summed E-state index contributed by atoms with van der Waals surface area (Å²) >= 11 is 3.55. The van der Waals surface area contributed by atoms with Gasteiger partial charge in [0.25, 0.3) is 0 Å². The lowest BCUT2D eigenvalue weighted by atomic mass is 10.2. The third-order valence-electron chi connectivity index (χ3n) is 1.10. The molecule has 0 fully saturated rings. The van der Waals surface area contributed by atoms with Gasteiger partial charge < -0.3 is 9.90 Å². The Bertz CT molecular complexity index is 259. The van der Waals surface area contributed by atoms with Gasteiger partial charge in [-0.1, -0.05) is 18.2 Å². The summed E-state index contributed by atoms with van der Waals surface area (Å²) in [7, 11) is 0. The number of carbonyl (C=O) groups is 2. The maximum atomic E-state index is 10.2. The van der Waals surface area contributed by atoms with E-state index < -0.39 is 5.97 Å². The van der Waals surface area contributed by atoms with E-state index >= 15 is 0 Å². The van der Waals surface area contributed by atoms with Crippen LogP contribution in [0.1, 0.15) is 10.4 Å². The number of rotatable bonds is 2. The Hall–Kier alpha value is -1.29. The average Bonchev–Trinajstić information content (AvgIpc) is 2.19. The lowest BCUT2D eigenvalue weighted by Crippen LogP contribution is -1.93. The summed E-state index contributed by atoms with van der Waals surface area (Å²) in [5.41, 5.74) is 0.331. The number of hydrogen-bond donors (Lipinski definition) is 2. The van der Waals surface area contributed by atoms with E-state index in [2.05, 4.69) is 12.6 Å². The van der Waals surface area contributed by atoms with E-state index in [0.29, 0.717) is 11.3 Å². The fourth-order valence-corrected chi connectivity index (χ4v) is 0.581. The molecule has 0 amide bonds. The first-order valence-electron chi connectivity index (χ1n) is 3.55. The Morgan fingerprint density at radius 2 is 1.85 bits per heavy atom. The lowest BCUT2D eigenvalue weighted by Gasteiger charge is -1.88. The van der Waals surface area contributed by atoms with Gasteiger partial charge in [0, 0.05) is 5.75 Å². The van der Waals surface area contributed by atoms with Gasteiger partial charge in [-0.25, -0.2) is 4.79 Å². The van der Waals surface area contributed by atoms with Crippen molar-refractivity contribution in [1.82, 2.24) is 0 Å². The van der Waals surface area contributed by atoms with Gasteiger partial charge in [0.1, 0.15) is 6.29 Å². The zero-order valence-electron chi connectivity index (χ0n) is 6.88. The second-order valence-corrected chi connectivity index (χ2v) is 2.39. The first-order valence-corrected chi connectivity index (χ1v) is 4.18. The quantitative estimate of drug-likeness (QED) is 0.559. The molecule has 70 valence electrons. The molecular formula is C9H10O3S. The number of hydrogen-bond acceptors (Lipinski definition) is 3. The number of carboxylic acid groups (broad SMARTS) is 1. The van der Waals surface area contributed by atoms with Crippen LogP contribution in [0.2, 0.25) is 0 Å². The molecule has 3 nitrogen and oxygen atoms in total. The van der Waals surface area contributed by atoms with Crippen molar-refractivity contribution < 1.29 is 14.7 Å². The second-order valence-electron chi connectivity index (χ2n) is 2.02. The van der Waals surface area contributed by atoms with E-state index in [4.69, 9.17) is 9.90 Å². The topological polar surface area (TPSA) is 54.4 Å². The van der Waals surface area contributed by atoms with E-state index in [1.54, 1.807) is 30.3 Å². The van der Waals surface area contributed by atoms with Gasteiger partial charge in [0.05, 0.1) is 5.56 Å². The van der Waals surface area contributed by atoms with Crippen molar-refractivity contribution in [2.24, 2.45) is 0 Å². The molecule has 0 spiro atoms. The van der Waals surface area contributed by atoms with Crippen molar-refractivity contribution in [3.05, 3.63) is 35.9 Å². The number of benzene rings is 1. The number of carbonyl (C=O) groups excluding carboxylic acids is 1. The maximum absolute atomic E-state index is 10.2. The SMILES string of the molecule is O=C(O)c1ccccc1.O=CCS. The van der Waals surface area contributed by atoms with Crippen molar-refractivity contribution in [2.75, 3.05) is 5.75 Å². The molecule has 0 heterocycles. The highest BCUT2D eigenvalue weighted by Crippen LogP contribution is 1.96. The summed E-state index contributed by atoms with van der Waals surface area (Å²) in [4.78, 5) is 19.3. The Balaban J connectivity index is 0.000000310. The van der Waals surface area contributed by atoms with Gasteiger partial charge in [-0.3, -0.25) is 0 Å². The molecule has 0 aliphatic carbocycles. The van der Waals surface area contributed by atoms with Crippen LogP contribution in [-0.2, 0) is 4.79 Å². The van der Waals surface area contributed by atoms with Crippen LogP contribution >= 0.6 is 12.6 Å². The zero-order valence-corrected chi connectivity index (χ0v) is 7.78. The summed E-state index contributed by atoms with van der Waals surface area (Å²) in [6.07, 6.45) is 0.739. The van der Waals surface area contributed by atoms with Crippen LogP contribution < -0.4 is 0 Å². The first-order chi connectivity index (χ1) is 6.22. The molecule has 1 rings (SSSR count). The molecule has 1 N–H and O–H groups in total. The smallest absolute Gasteiger partial charge is 0.335 e. The Labute approximate surface area is 81.8 Å². The van der Waals surface area contributed by atoms with E-state index in [0.717, 1.165) is 6.29 Å². The van der Waals surface area contributed by atoms with Gasteiger partial charge in [-0.2, -0.15) is 12.6 Å². The minimum Gasteiger partial charge on any atom is -0.478 e. The van der Waals surface area contributed by atoms with Gasteiger partial charge in [0.2, 0.25) is 0 Å². The first kappa shape index (κ1) is 11.7. The molecule has 0 unspecified atom stereocenters. The van der Waals surface area contributed by atoms with Crippen molar-refractivity contribution >= 4 is 24.9 Å². The Morgan fingerprint density at radius 1 is 1.38 bits per heavy atom. The molecular weight excluding hydrogens is 188 g/mol. The minimum atomic E-state index is -0.879. The van der Waals surface area contributed by atoms with E-state index in [-0.39, 0.29) is 0 Å². The van der Waals surface area contributed by atoms with Crippen LogP contribution in [0, 0.1) is 0 Å². The van der Waals surface area contributed by atoms with Crippen molar-refractivity contribution in [3.8, 4) is 0 Å². The van der Waals surface area contributed by atoms with Crippen LogP contribution in [0.3, 0.4) is 0 Å². The predicted octanol–water partition coefficient (Wildman–Crippen LogP) is 1.50. The number of thiol groups is 1. The van der Waals surface area contributed by atoms with Gasteiger partial charge in [0.15, 0.2) is 0 Å². The summed E-state index contributed by atoms with van der Waals surface area (Å²) in [5, 5.41) is 8.38. The molecule has 0 bridgehead atoms. The molecule has 4 heteroatoms. The summed E-state index contributed by atoms with van der Waals surface area (Å²) in [6.45, 7) is 0. The van der Waals surface area contributed by atoms with E-state index in [9.17, 15) is 4.79 Å². The molecule has 0 radical (unpaired) electrons. The van der Waals surface area contributed by atoms with E-state index in [1.165, 1.54) is 0 Å². The van der Waals surface area contributed by atoms with Crippen LogP contribution in [0.25, 0.3) is 0 Å². The molecule has 1 aromatic carbocycles. The van der Waals surface area contributed by atoms with Crippen LogP contribution in [-0.4, -0.2) is 23.1 Å². The van der Waals surface area contributed by atoms with Crippen LogP contribution in [0.15, 0.2) is 30.3 Å². The Morgan fingerprint density at radius 3 is 2.08 bits per heavy atom. The molecule has 1 aromatic rings. The van der Waals surface area contributed by atoms with Crippen LogP contribution in [0.5, 0.6) is 0 Å². The second kappa shape index (κ2) is 7.36. The van der Waals surface area contributed by atoms with Crippen LogP contribution in [0.4, 0.5) is 0 Å². The highest BCUT2D eigenvalue weighted by Gasteiger charge is 1.96. The third kappa shape index (κ3) is 5.93. The van der Waals surface area contributed by atoms with Gasteiger partial charge in [-0.05, 0) is 12.1 Å². The number of aldehydes is 1. The monoisotopic (exact) mass is 198 g/mol. The highest BCUT2D eigenvalue weighted by molar-refractivity contribution is 7.80. The fraction of sp³-hybridized carbons (Fsp3) is 0.111. The third-order valence-corrected chi connectivity index (χ3v) is 1.24. The standard InChI is InChI=1S/C7H6O2.C2H4OS/c8-7(9)6-4-2-1-3-5-6;3-1-2-4/h1-5H,(H,8,9);1,4H,2H2. The van der Waals surface area contributed by atoms with Crippen molar-refractivity contribution in [1.29, 1.82) is 0 Å². The van der Waals surface area contributed by atoms with Gasteiger partial charge >= 0.3 is 5.97 Å². The molecule has 0 aliphatic rings. The lowest BCUT2D eigenvalue weighted by molar-refractivity contribution is -0.105. The molecule has 0 aliphatic heterocycles.